The predicted octanol–water partition coefficient (Wildman–Crippen LogP) is 7.88. The summed E-state index contributed by atoms with van der Waals surface area (Å²) in [7, 11) is 0. The molecule has 2 amide bonds. The largest absolute Gasteiger partial charge is 0.483 e. The van der Waals surface area contributed by atoms with Gasteiger partial charge in [0.25, 0.3) is 5.91 Å². The maximum absolute atomic E-state index is 13.8. The van der Waals surface area contributed by atoms with E-state index in [2.05, 4.69) is 21.2 Å². The lowest BCUT2D eigenvalue weighted by atomic mass is 9.94. The Morgan fingerprint density at radius 3 is 2.33 bits per heavy atom. The number of ether oxygens (including phenoxy) is 1. The minimum Gasteiger partial charge on any atom is -0.483 e. The summed E-state index contributed by atoms with van der Waals surface area (Å²) in [5.74, 6) is -0.0528. The van der Waals surface area contributed by atoms with E-state index in [1.54, 1.807) is 41.3 Å². The maximum Gasteiger partial charge on any atom is 0.261 e. The van der Waals surface area contributed by atoms with Crippen LogP contribution >= 0.6 is 50.7 Å². The summed E-state index contributed by atoms with van der Waals surface area (Å²) >= 11 is 22.1. The summed E-state index contributed by atoms with van der Waals surface area (Å²) in [6.07, 6.45) is 5.57. The third kappa shape index (κ3) is 8.62. The van der Waals surface area contributed by atoms with Crippen molar-refractivity contribution in [1.29, 1.82) is 0 Å². The van der Waals surface area contributed by atoms with Crippen LogP contribution in [0.1, 0.15) is 43.2 Å². The number of nitrogens with one attached hydrogen (secondary N) is 1. The SMILES string of the molecule is O=C(NC1CCCCC1)[C@@H](Cc1ccccc1)N(Cc1ccc(Cl)cc1Cl)C(=O)COc1ccc(Cl)cc1Br. The standard InChI is InChI=1S/C30H30BrCl3N2O3/c31-25-16-22(32)13-14-28(25)39-19-29(37)36(18-21-11-12-23(33)17-26(21)34)27(15-20-7-3-1-4-8-20)30(38)35-24-9-5-2-6-10-24/h1,3-4,7-8,11-14,16-17,24,27H,2,5-6,9-10,15,18-19H2,(H,35,38)/t27-/m1/s1. The van der Waals surface area contributed by atoms with Gasteiger partial charge in [0, 0.05) is 34.1 Å². The molecule has 0 heterocycles. The van der Waals surface area contributed by atoms with Crippen LogP contribution in [0.3, 0.4) is 0 Å². The van der Waals surface area contributed by atoms with Gasteiger partial charge in [-0.05, 0) is 70.2 Å². The van der Waals surface area contributed by atoms with Crippen molar-refractivity contribution in [3.8, 4) is 5.75 Å². The monoisotopic (exact) mass is 650 g/mol. The zero-order valence-corrected chi connectivity index (χ0v) is 25.2. The van der Waals surface area contributed by atoms with Gasteiger partial charge in [-0.1, -0.05) is 90.5 Å². The lowest BCUT2D eigenvalue weighted by Gasteiger charge is -2.33. The van der Waals surface area contributed by atoms with Crippen LogP contribution in [0.5, 0.6) is 5.75 Å². The molecule has 0 aromatic heterocycles. The Morgan fingerprint density at radius 2 is 1.64 bits per heavy atom. The molecule has 1 aliphatic rings. The van der Waals surface area contributed by atoms with Crippen LogP contribution in [0.4, 0.5) is 0 Å². The van der Waals surface area contributed by atoms with Gasteiger partial charge in [0.05, 0.1) is 4.47 Å². The summed E-state index contributed by atoms with van der Waals surface area (Å²) in [6, 6.07) is 19.2. The van der Waals surface area contributed by atoms with Crippen molar-refractivity contribution in [2.45, 2.75) is 57.2 Å². The number of amides is 2. The molecule has 0 bridgehead atoms. The summed E-state index contributed by atoms with van der Waals surface area (Å²) in [6.45, 7) is -0.150. The number of nitrogens with zero attached hydrogens (tertiary/aromatic N) is 1. The van der Waals surface area contributed by atoms with Crippen molar-refractivity contribution >= 4 is 62.5 Å². The molecule has 9 heteroatoms. The van der Waals surface area contributed by atoms with E-state index in [9.17, 15) is 9.59 Å². The Kier molecular flexibility index (Phi) is 11.0. The van der Waals surface area contributed by atoms with Crippen LogP contribution in [-0.2, 0) is 22.6 Å². The summed E-state index contributed by atoms with van der Waals surface area (Å²) in [5.41, 5.74) is 1.63. The van der Waals surface area contributed by atoms with E-state index in [1.807, 2.05) is 30.3 Å². The van der Waals surface area contributed by atoms with Gasteiger partial charge in [-0.2, -0.15) is 0 Å². The quantitative estimate of drug-likeness (QED) is 0.243. The molecular formula is C30H30BrCl3N2O3. The molecule has 0 saturated heterocycles. The Balaban J connectivity index is 1.64. The number of benzene rings is 3. The first-order valence-corrected chi connectivity index (χ1v) is 14.9. The third-order valence-corrected chi connectivity index (χ3v) is 8.27. The highest BCUT2D eigenvalue weighted by molar-refractivity contribution is 9.10. The average molecular weight is 653 g/mol. The molecule has 0 aliphatic heterocycles. The molecule has 3 aromatic carbocycles. The lowest BCUT2D eigenvalue weighted by molar-refractivity contribution is -0.143. The fourth-order valence-corrected chi connectivity index (χ4v) is 6.01. The van der Waals surface area contributed by atoms with Crippen molar-refractivity contribution in [2.24, 2.45) is 0 Å². The second-order valence-corrected chi connectivity index (χ2v) is 11.8. The number of halogens is 4. The molecule has 39 heavy (non-hydrogen) atoms. The average Bonchev–Trinajstić information content (AvgIpc) is 2.92. The van der Waals surface area contributed by atoms with Crippen LogP contribution in [-0.4, -0.2) is 35.4 Å². The normalized spacial score (nSPS) is 14.5. The minimum atomic E-state index is -0.772. The Hall–Kier alpha value is -2.25. The highest BCUT2D eigenvalue weighted by atomic mass is 79.9. The maximum atomic E-state index is 13.8. The molecule has 1 atom stereocenters. The topological polar surface area (TPSA) is 58.6 Å². The number of rotatable bonds is 10. The number of carbonyl (C=O) groups excluding carboxylic acids is 2. The molecule has 1 N–H and O–H groups in total. The van der Waals surface area contributed by atoms with Crippen LogP contribution in [0.15, 0.2) is 71.2 Å². The fraction of sp³-hybridized carbons (Fsp3) is 0.333. The number of hydrogen-bond donors (Lipinski definition) is 1. The van der Waals surface area contributed by atoms with Gasteiger partial charge in [0.15, 0.2) is 6.61 Å². The van der Waals surface area contributed by atoms with Gasteiger partial charge in [-0.25, -0.2) is 0 Å². The van der Waals surface area contributed by atoms with E-state index >= 15 is 0 Å². The van der Waals surface area contributed by atoms with Crippen LogP contribution < -0.4 is 10.1 Å². The molecule has 1 fully saturated rings. The van der Waals surface area contributed by atoms with E-state index in [4.69, 9.17) is 39.5 Å². The zero-order chi connectivity index (χ0) is 27.8. The van der Waals surface area contributed by atoms with E-state index in [0.29, 0.717) is 37.3 Å². The van der Waals surface area contributed by atoms with Gasteiger partial charge >= 0.3 is 0 Å². The predicted molar refractivity (Wildman–Crippen MR) is 161 cm³/mol. The van der Waals surface area contributed by atoms with Crippen LogP contribution in [0.25, 0.3) is 0 Å². The first kappa shape index (κ1) is 29.7. The molecule has 0 unspecified atom stereocenters. The lowest BCUT2D eigenvalue weighted by Crippen LogP contribution is -2.53. The summed E-state index contributed by atoms with van der Waals surface area (Å²) < 4.78 is 6.50. The van der Waals surface area contributed by atoms with Gasteiger partial charge in [0.2, 0.25) is 5.91 Å². The molecular weight excluding hydrogens is 623 g/mol. The van der Waals surface area contributed by atoms with Crippen LogP contribution in [0, 0.1) is 0 Å². The number of carbonyl (C=O) groups is 2. The molecule has 1 saturated carbocycles. The highest BCUT2D eigenvalue weighted by Gasteiger charge is 2.32. The van der Waals surface area contributed by atoms with Crippen molar-refractivity contribution in [1.82, 2.24) is 10.2 Å². The molecule has 0 radical (unpaired) electrons. The Morgan fingerprint density at radius 1 is 0.949 bits per heavy atom. The van der Waals surface area contributed by atoms with Gasteiger partial charge in [-0.15, -0.1) is 0 Å². The Bertz CT molecular complexity index is 1290. The van der Waals surface area contributed by atoms with Gasteiger partial charge in [0.1, 0.15) is 11.8 Å². The van der Waals surface area contributed by atoms with Crippen molar-refractivity contribution in [3.05, 3.63) is 97.4 Å². The van der Waals surface area contributed by atoms with E-state index < -0.39 is 6.04 Å². The van der Waals surface area contributed by atoms with E-state index in [0.717, 1.165) is 31.2 Å². The van der Waals surface area contributed by atoms with E-state index in [-0.39, 0.29) is 31.0 Å². The molecule has 1 aliphatic carbocycles. The molecule has 3 aromatic rings. The van der Waals surface area contributed by atoms with E-state index in [1.165, 1.54) is 6.42 Å². The third-order valence-electron chi connectivity index (χ3n) is 6.82. The van der Waals surface area contributed by atoms with Crippen molar-refractivity contribution in [2.75, 3.05) is 6.61 Å². The zero-order valence-electron chi connectivity index (χ0n) is 21.3. The first-order valence-electron chi connectivity index (χ1n) is 13.0. The summed E-state index contributed by atoms with van der Waals surface area (Å²) in [4.78, 5) is 29.2. The smallest absolute Gasteiger partial charge is 0.261 e. The fourth-order valence-electron chi connectivity index (χ4n) is 4.75. The van der Waals surface area contributed by atoms with Gasteiger partial charge < -0.3 is 15.0 Å². The second kappa shape index (κ2) is 14.4. The van der Waals surface area contributed by atoms with Crippen molar-refractivity contribution < 1.29 is 14.3 Å². The first-order chi connectivity index (χ1) is 18.8. The number of hydrogen-bond acceptors (Lipinski definition) is 3. The van der Waals surface area contributed by atoms with Gasteiger partial charge in [-0.3, -0.25) is 9.59 Å². The van der Waals surface area contributed by atoms with Crippen LogP contribution in [0.2, 0.25) is 15.1 Å². The highest BCUT2D eigenvalue weighted by Crippen LogP contribution is 2.29. The van der Waals surface area contributed by atoms with Crippen molar-refractivity contribution in [3.63, 3.8) is 0 Å². The summed E-state index contributed by atoms with van der Waals surface area (Å²) in [5, 5.41) is 4.68. The molecule has 0 spiro atoms. The molecule has 206 valence electrons. The molecule has 5 nitrogen and oxygen atoms in total. The molecule has 4 rings (SSSR count). The Labute approximate surface area is 252 Å². The minimum absolute atomic E-state index is 0.0990. The second-order valence-electron chi connectivity index (χ2n) is 9.67.